The Morgan fingerprint density at radius 3 is 2.32 bits per heavy atom. The summed E-state index contributed by atoms with van der Waals surface area (Å²) in [6.45, 7) is 13.7. The number of aliphatic hydroxyl groups is 1. The molecular formula is C14H28N4O. The Labute approximate surface area is 116 Å². The molecule has 1 aromatic heterocycles. The summed E-state index contributed by atoms with van der Waals surface area (Å²) >= 11 is 0. The third kappa shape index (κ3) is 4.91. The minimum Gasteiger partial charge on any atom is -0.396 e. The van der Waals surface area contributed by atoms with Gasteiger partial charge in [0.05, 0.1) is 17.4 Å². The lowest BCUT2D eigenvalue weighted by molar-refractivity contribution is 0.196. The van der Waals surface area contributed by atoms with Crippen LogP contribution >= 0.6 is 0 Å². The molecule has 1 heterocycles. The van der Waals surface area contributed by atoms with Crippen molar-refractivity contribution < 1.29 is 5.11 Å². The first-order chi connectivity index (χ1) is 8.64. The van der Waals surface area contributed by atoms with Crippen LogP contribution in [0.3, 0.4) is 0 Å². The summed E-state index contributed by atoms with van der Waals surface area (Å²) in [5.74, 6) is 0. The van der Waals surface area contributed by atoms with Gasteiger partial charge in [0.15, 0.2) is 0 Å². The van der Waals surface area contributed by atoms with E-state index in [1.54, 1.807) is 0 Å². The van der Waals surface area contributed by atoms with E-state index in [-0.39, 0.29) is 23.6 Å². The summed E-state index contributed by atoms with van der Waals surface area (Å²) in [5.41, 5.74) is 1.00. The van der Waals surface area contributed by atoms with E-state index < -0.39 is 0 Å². The van der Waals surface area contributed by atoms with Crippen molar-refractivity contribution in [3.8, 4) is 0 Å². The molecule has 0 aromatic carbocycles. The molecule has 0 aliphatic rings. The highest BCUT2D eigenvalue weighted by Gasteiger charge is 2.24. The van der Waals surface area contributed by atoms with Crippen LogP contribution in [0.4, 0.5) is 0 Å². The van der Waals surface area contributed by atoms with Crippen molar-refractivity contribution in [2.45, 2.75) is 66.1 Å². The number of aliphatic hydroxyl groups excluding tert-OH is 1. The summed E-state index contributed by atoms with van der Waals surface area (Å²) in [7, 11) is 0. The molecule has 0 amide bonds. The first-order valence-electron chi connectivity index (χ1n) is 6.90. The Kier molecular flexibility index (Phi) is 5.10. The quantitative estimate of drug-likeness (QED) is 0.856. The van der Waals surface area contributed by atoms with Gasteiger partial charge in [-0.1, -0.05) is 26.0 Å². The van der Waals surface area contributed by atoms with Crippen LogP contribution < -0.4 is 5.32 Å². The van der Waals surface area contributed by atoms with Crippen LogP contribution in [0.25, 0.3) is 0 Å². The minimum absolute atomic E-state index is 0.0419. The maximum absolute atomic E-state index is 9.14. The van der Waals surface area contributed by atoms with Gasteiger partial charge >= 0.3 is 0 Å². The topological polar surface area (TPSA) is 63.0 Å². The SMILES string of the molecule is CC(C)(C)C(CCO)NCc1cn(C(C)(C)C)nn1. The van der Waals surface area contributed by atoms with Crippen LogP contribution in [-0.4, -0.2) is 32.7 Å². The Morgan fingerprint density at radius 1 is 1.26 bits per heavy atom. The Balaban J connectivity index is 2.62. The molecule has 1 rings (SSSR count). The predicted octanol–water partition coefficient (Wildman–Crippen LogP) is 1.92. The zero-order valence-corrected chi connectivity index (χ0v) is 13.1. The van der Waals surface area contributed by atoms with Gasteiger partial charge in [0.2, 0.25) is 0 Å². The fourth-order valence-corrected chi connectivity index (χ4v) is 1.91. The van der Waals surface area contributed by atoms with Crippen molar-refractivity contribution in [1.82, 2.24) is 20.3 Å². The van der Waals surface area contributed by atoms with E-state index in [9.17, 15) is 0 Å². The summed E-state index contributed by atoms with van der Waals surface area (Å²) < 4.78 is 1.88. The van der Waals surface area contributed by atoms with E-state index in [0.717, 1.165) is 12.1 Å². The summed E-state index contributed by atoms with van der Waals surface area (Å²) in [4.78, 5) is 0. The molecular weight excluding hydrogens is 240 g/mol. The average molecular weight is 268 g/mol. The van der Waals surface area contributed by atoms with Gasteiger partial charge in [-0.2, -0.15) is 0 Å². The van der Waals surface area contributed by atoms with Crippen LogP contribution in [0, 0.1) is 5.41 Å². The van der Waals surface area contributed by atoms with Crippen molar-refractivity contribution in [3.63, 3.8) is 0 Å². The summed E-state index contributed by atoms with van der Waals surface area (Å²) in [6.07, 6.45) is 2.72. The zero-order valence-electron chi connectivity index (χ0n) is 13.1. The molecule has 0 saturated heterocycles. The molecule has 0 radical (unpaired) electrons. The molecule has 0 aliphatic heterocycles. The average Bonchev–Trinajstić information content (AvgIpc) is 2.70. The third-order valence-electron chi connectivity index (χ3n) is 3.22. The van der Waals surface area contributed by atoms with E-state index in [1.807, 2.05) is 10.9 Å². The van der Waals surface area contributed by atoms with Gasteiger partial charge in [-0.3, -0.25) is 0 Å². The Morgan fingerprint density at radius 2 is 1.89 bits per heavy atom. The number of rotatable bonds is 5. The highest BCUT2D eigenvalue weighted by atomic mass is 16.3. The highest BCUT2D eigenvalue weighted by Crippen LogP contribution is 2.22. The molecule has 1 atom stereocenters. The van der Waals surface area contributed by atoms with Crippen molar-refractivity contribution in [3.05, 3.63) is 11.9 Å². The standard InChI is InChI=1S/C14H28N4O/c1-13(2,3)12(7-8-19)15-9-11-10-18(17-16-11)14(4,5)6/h10,12,15,19H,7-9H2,1-6H3. The number of nitrogens with one attached hydrogen (secondary N) is 1. The minimum atomic E-state index is -0.0419. The smallest absolute Gasteiger partial charge is 0.0965 e. The molecule has 0 bridgehead atoms. The molecule has 0 aliphatic carbocycles. The van der Waals surface area contributed by atoms with Gasteiger partial charge in [0.1, 0.15) is 0 Å². The maximum atomic E-state index is 9.14. The van der Waals surface area contributed by atoms with Gasteiger partial charge in [-0.25, -0.2) is 4.68 Å². The number of hydrogen-bond donors (Lipinski definition) is 2. The lowest BCUT2D eigenvalue weighted by atomic mass is 9.85. The van der Waals surface area contributed by atoms with Gasteiger partial charge in [0, 0.05) is 19.2 Å². The summed E-state index contributed by atoms with van der Waals surface area (Å²) in [6, 6.07) is 0.261. The summed E-state index contributed by atoms with van der Waals surface area (Å²) in [5, 5.41) is 20.9. The predicted molar refractivity (Wildman–Crippen MR) is 76.8 cm³/mol. The van der Waals surface area contributed by atoms with Crippen molar-refractivity contribution in [1.29, 1.82) is 0 Å². The van der Waals surface area contributed by atoms with E-state index in [4.69, 9.17) is 5.11 Å². The molecule has 0 saturated carbocycles. The normalized spacial score (nSPS) is 14.7. The highest BCUT2D eigenvalue weighted by molar-refractivity contribution is 4.95. The van der Waals surface area contributed by atoms with Gasteiger partial charge in [0.25, 0.3) is 0 Å². The van der Waals surface area contributed by atoms with E-state index in [1.165, 1.54) is 0 Å². The Bertz CT molecular complexity index is 387. The molecule has 5 nitrogen and oxygen atoms in total. The second-order valence-electron chi connectivity index (χ2n) is 7.14. The van der Waals surface area contributed by atoms with Crippen LogP contribution in [-0.2, 0) is 12.1 Å². The van der Waals surface area contributed by atoms with E-state index in [0.29, 0.717) is 6.54 Å². The van der Waals surface area contributed by atoms with Crippen molar-refractivity contribution >= 4 is 0 Å². The molecule has 110 valence electrons. The van der Waals surface area contributed by atoms with Crippen LogP contribution in [0.5, 0.6) is 0 Å². The third-order valence-corrected chi connectivity index (χ3v) is 3.22. The fourth-order valence-electron chi connectivity index (χ4n) is 1.91. The zero-order chi connectivity index (χ0) is 14.7. The molecule has 0 fully saturated rings. The molecule has 1 aromatic rings. The molecule has 5 heteroatoms. The largest absolute Gasteiger partial charge is 0.396 e. The second kappa shape index (κ2) is 6.01. The first kappa shape index (κ1) is 16.1. The molecule has 19 heavy (non-hydrogen) atoms. The molecule has 2 N–H and O–H groups in total. The molecule has 1 unspecified atom stereocenters. The molecule has 0 spiro atoms. The van der Waals surface area contributed by atoms with E-state index >= 15 is 0 Å². The van der Waals surface area contributed by atoms with Crippen LogP contribution in [0.1, 0.15) is 53.7 Å². The van der Waals surface area contributed by atoms with Crippen LogP contribution in [0.15, 0.2) is 6.20 Å². The first-order valence-corrected chi connectivity index (χ1v) is 6.90. The lowest BCUT2D eigenvalue weighted by Crippen LogP contribution is -2.40. The second-order valence-corrected chi connectivity index (χ2v) is 7.14. The lowest BCUT2D eigenvalue weighted by Gasteiger charge is -2.31. The number of hydrogen-bond acceptors (Lipinski definition) is 4. The van der Waals surface area contributed by atoms with Gasteiger partial charge in [-0.05, 0) is 32.6 Å². The van der Waals surface area contributed by atoms with Crippen molar-refractivity contribution in [2.75, 3.05) is 6.61 Å². The van der Waals surface area contributed by atoms with E-state index in [2.05, 4.69) is 57.2 Å². The van der Waals surface area contributed by atoms with Crippen LogP contribution in [0.2, 0.25) is 0 Å². The number of aromatic nitrogens is 3. The Hall–Kier alpha value is -0.940. The monoisotopic (exact) mass is 268 g/mol. The van der Waals surface area contributed by atoms with Crippen molar-refractivity contribution in [2.24, 2.45) is 5.41 Å². The fraction of sp³-hybridized carbons (Fsp3) is 0.857. The van der Waals surface area contributed by atoms with Gasteiger partial charge < -0.3 is 10.4 Å². The number of nitrogens with zero attached hydrogens (tertiary/aromatic N) is 3. The maximum Gasteiger partial charge on any atom is 0.0965 e. The van der Waals surface area contributed by atoms with Gasteiger partial charge in [-0.15, -0.1) is 5.10 Å².